The summed E-state index contributed by atoms with van der Waals surface area (Å²) in [5.74, 6) is 0.0360. The first-order valence-corrected chi connectivity index (χ1v) is 10.1. The molecule has 27 heavy (non-hydrogen) atoms. The van der Waals surface area contributed by atoms with E-state index in [4.69, 9.17) is 0 Å². The minimum absolute atomic E-state index is 0.0360. The molecule has 3 rings (SSSR count). The molecule has 0 spiro atoms. The second-order valence-electron chi connectivity index (χ2n) is 6.53. The molecule has 0 saturated carbocycles. The second kappa shape index (κ2) is 9.88. The van der Waals surface area contributed by atoms with Gasteiger partial charge >= 0.3 is 0 Å². The maximum absolute atomic E-state index is 12.1. The van der Waals surface area contributed by atoms with Crippen LogP contribution in [0.15, 0.2) is 66.0 Å². The zero-order chi connectivity index (χ0) is 18.9. The van der Waals surface area contributed by atoms with Gasteiger partial charge in [0.2, 0.25) is 5.91 Å². The Morgan fingerprint density at radius 2 is 1.78 bits per heavy atom. The van der Waals surface area contributed by atoms with Crippen molar-refractivity contribution in [2.24, 2.45) is 0 Å². The van der Waals surface area contributed by atoms with Gasteiger partial charge in [-0.15, -0.1) is 11.3 Å². The fraction of sp³-hybridized carbons (Fsp3) is 0.273. The molecule has 0 aliphatic heterocycles. The minimum atomic E-state index is 0.0360. The number of nitrogens with one attached hydrogen (secondary N) is 1. The van der Waals surface area contributed by atoms with E-state index in [-0.39, 0.29) is 5.91 Å². The fourth-order valence-corrected chi connectivity index (χ4v) is 3.69. The van der Waals surface area contributed by atoms with Crippen molar-refractivity contribution in [3.63, 3.8) is 0 Å². The summed E-state index contributed by atoms with van der Waals surface area (Å²) in [6, 6.07) is 20.5. The van der Waals surface area contributed by atoms with Crippen LogP contribution in [0.3, 0.4) is 0 Å². The van der Waals surface area contributed by atoms with Crippen molar-refractivity contribution in [2.45, 2.75) is 19.3 Å². The highest BCUT2D eigenvalue weighted by Crippen LogP contribution is 2.15. The largest absolute Gasteiger partial charge is 0.375 e. The minimum Gasteiger partial charge on any atom is -0.375 e. The van der Waals surface area contributed by atoms with Gasteiger partial charge in [0.1, 0.15) is 0 Å². The van der Waals surface area contributed by atoms with Crippen molar-refractivity contribution < 1.29 is 4.79 Å². The average Bonchev–Trinajstić information content (AvgIpc) is 3.13. The van der Waals surface area contributed by atoms with Gasteiger partial charge in [-0.05, 0) is 24.1 Å². The summed E-state index contributed by atoms with van der Waals surface area (Å²) in [4.78, 5) is 18.9. The Morgan fingerprint density at radius 3 is 2.52 bits per heavy atom. The average molecular weight is 380 g/mol. The predicted molar refractivity (Wildman–Crippen MR) is 112 cm³/mol. The summed E-state index contributed by atoms with van der Waals surface area (Å²) >= 11 is 1.62. The van der Waals surface area contributed by atoms with Gasteiger partial charge in [0.15, 0.2) is 0 Å². The molecule has 1 heterocycles. The molecule has 1 N–H and O–H groups in total. The molecule has 0 bridgehead atoms. The van der Waals surface area contributed by atoms with Crippen molar-refractivity contribution in [1.82, 2.24) is 10.3 Å². The number of carbonyl (C=O) groups is 1. The number of thiazole rings is 1. The third kappa shape index (κ3) is 6.22. The summed E-state index contributed by atoms with van der Waals surface area (Å²) in [5, 5.41) is 6.03. The summed E-state index contributed by atoms with van der Waals surface area (Å²) in [6.07, 6.45) is 2.08. The summed E-state index contributed by atoms with van der Waals surface area (Å²) in [5.41, 5.74) is 3.28. The van der Waals surface area contributed by atoms with Crippen LogP contribution in [0.4, 0.5) is 5.69 Å². The maximum atomic E-state index is 12.1. The monoisotopic (exact) mass is 379 g/mol. The van der Waals surface area contributed by atoms with Gasteiger partial charge in [-0.3, -0.25) is 4.79 Å². The fourth-order valence-electron chi connectivity index (χ4n) is 2.86. The number of anilines is 1. The molecule has 2 aromatic carbocycles. The van der Waals surface area contributed by atoms with E-state index in [0.29, 0.717) is 13.0 Å². The number of carbonyl (C=O) groups excluding carboxylic acids is 1. The number of rotatable bonds is 9. The van der Waals surface area contributed by atoms with Gasteiger partial charge in [0.25, 0.3) is 0 Å². The predicted octanol–water partition coefficient (Wildman–Crippen LogP) is 3.92. The quantitative estimate of drug-likeness (QED) is 0.573. The normalized spacial score (nSPS) is 10.6. The third-order valence-electron chi connectivity index (χ3n) is 4.33. The molecule has 140 valence electrons. The first-order chi connectivity index (χ1) is 13.2. The van der Waals surface area contributed by atoms with E-state index >= 15 is 0 Å². The Labute approximate surface area is 164 Å². The zero-order valence-electron chi connectivity index (χ0n) is 15.6. The highest BCUT2D eigenvalue weighted by Gasteiger charge is 2.08. The Bertz CT molecular complexity index is 833. The van der Waals surface area contributed by atoms with Crippen molar-refractivity contribution in [2.75, 3.05) is 25.0 Å². The molecule has 0 atom stereocenters. The Balaban J connectivity index is 1.37. The second-order valence-corrected chi connectivity index (χ2v) is 7.47. The number of aromatic nitrogens is 1. The maximum Gasteiger partial charge on any atom is 0.226 e. The molecule has 0 saturated heterocycles. The van der Waals surface area contributed by atoms with E-state index in [0.717, 1.165) is 30.1 Å². The lowest BCUT2D eigenvalue weighted by Crippen LogP contribution is -2.29. The van der Waals surface area contributed by atoms with E-state index in [2.05, 4.69) is 46.5 Å². The molecular weight excluding hydrogens is 354 g/mol. The van der Waals surface area contributed by atoms with Crippen LogP contribution in [-0.4, -0.2) is 31.0 Å². The van der Waals surface area contributed by atoms with Crippen molar-refractivity contribution in [3.05, 3.63) is 82.3 Å². The topological polar surface area (TPSA) is 45.2 Å². The standard InChI is InChI=1S/C22H25N3OS/c1-25(20-11-6-3-7-12-20)14-8-13-23-21(26)16-19-17-27-22(24-19)15-18-9-4-2-5-10-18/h2-7,9-12,17H,8,13-16H2,1H3,(H,23,26). The highest BCUT2D eigenvalue weighted by atomic mass is 32.1. The van der Waals surface area contributed by atoms with Gasteiger partial charge < -0.3 is 10.2 Å². The molecule has 4 nitrogen and oxygen atoms in total. The van der Waals surface area contributed by atoms with Crippen LogP contribution in [0.5, 0.6) is 0 Å². The number of benzene rings is 2. The third-order valence-corrected chi connectivity index (χ3v) is 5.23. The zero-order valence-corrected chi connectivity index (χ0v) is 16.4. The van der Waals surface area contributed by atoms with E-state index in [1.807, 2.05) is 41.8 Å². The van der Waals surface area contributed by atoms with Crippen LogP contribution in [0, 0.1) is 0 Å². The molecule has 3 aromatic rings. The smallest absolute Gasteiger partial charge is 0.226 e. The summed E-state index contributed by atoms with van der Waals surface area (Å²) in [7, 11) is 2.07. The molecular formula is C22H25N3OS. The first-order valence-electron chi connectivity index (χ1n) is 9.21. The van der Waals surface area contributed by atoms with Gasteiger partial charge in [-0.1, -0.05) is 48.5 Å². The van der Waals surface area contributed by atoms with Crippen molar-refractivity contribution >= 4 is 22.9 Å². The van der Waals surface area contributed by atoms with Gasteiger partial charge in [-0.2, -0.15) is 0 Å². The van der Waals surface area contributed by atoms with Gasteiger partial charge in [0, 0.05) is 37.6 Å². The van der Waals surface area contributed by atoms with Crippen LogP contribution < -0.4 is 10.2 Å². The van der Waals surface area contributed by atoms with Crippen LogP contribution >= 0.6 is 11.3 Å². The van der Waals surface area contributed by atoms with Gasteiger partial charge in [-0.25, -0.2) is 4.98 Å². The molecule has 0 aliphatic carbocycles. The number of amides is 1. The lowest BCUT2D eigenvalue weighted by molar-refractivity contribution is -0.120. The van der Waals surface area contributed by atoms with E-state index in [9.17, 15) is 4.79 Å². The van der Waals surface area contributed by atoms with Crippen LogP contribution in [0.2, 0.25) is 0 Å². The van der Waals surface area contributed by atoms with Crippen molar-refractivity contribution in [3.8, 4) is 0 Å². The summed E-state index contributed by atoms with van der Waals surface area (Å²) < 4.78 is 0. The molecule has 0 aliphatic rings. The van der Waals surface area contributed by atoms with Crippen LogP contribution in [0.1, 0.15) is 22.7 Å². The lowest BCUT2D eigenvalue weighted by Gasteiger charge is -2.19. The number of nitrogens with zero attached hydrogens (tertiary/aromatic N) is 2. The molecule has 0 unspecified atom stereocenters. The molecule has 1 aromatic heterocycles. The van der Waals surface area contributed by atoms with Crippen LogP contribution in [0.25, 0.3) is 0 Å². The molecule has 5 heteroatoms. The van der Waals surface area contributed by atoms with Crippen LogP contribution in [-0.2, 0) is 17.6 Å². The van der Waals surface area contributed by atoms with E-state index < -0.39 is 0 Å². The Hall–Kier alpha value is -2.66. The van der Waals surface area contributed by atoms with Gasteiger partial charge in [0.05, 0.1) is 17.1 Å². The Morgan fingerprint density at radius 1 is 1.07 bits per heavy atom. The Kier molecular flexibility index (Phi) is 6.99. The van der Waals surface area contributed by atoms with E-state index in [1.54, 1.807) is 11.3 Å². The number of hydrogen-bond acceptors (Lipinski definition) is 4. The summed E-state index contributed by atoms with van der Waals surface area (Å²) in [6.45, 7) is 1.58. The highest BCUT2D eigenvalue weighted by molar-refractivity contribution is 7.09. The molecule has 0 fully saturated rings. The van der Waals surface area contributed by atoms with E-state index in [1.165, 1.54) is 11.3 Å². The van der Waals surface area contributed by atoms with Crippen molar-refractivity contribution in [1.29, 1.82) is 0 Å². The molecule has 1 amide bonds. The molecule has 0 radical (unpaired) electrons. The first kappa shape index (κ1) is 19.1. The number of hydrogen-bond donors (Lipinski definition) is 1. The lowest BCUT2D eigenvalue weighted by atomic mass is 10.2. The SMILES string of the molecule is CN(CCCNC(=O)Cc1csc(Cc2ccccc2)n1)c1ccccc1. The number of para-hydroxylation sites is 1.